The molecule has 1 fully saturated rings. The molecule has 3 aromatic carbocycles. The van der Waals surface area contributed by atoms with Crippen molar-refractivity contribution < 1.29 is 0 Å². The number of benzene rings is 3. The first-order chi connectivity index (χ1) is 18.1. The second-order valence-corrected chi connectivity index (χ2v) is 11.3. The Hall–Kier alpha value is -3.06. The van der Waals surface area contributed by atoms with Gasteiger partial charge in [-0.3, -0.25) is 0 Å². The molecule has 5 rings (SSSR count). The van der Waals surface area contributed by atoms with E-state index >= 15 is 0 Å². The van der Waals surface area contributed by atoms with Gasteiger partial charge in [0.15, 0.2) is 0 Å². The first kappa shape index (κ1) is 25.6. The average molecular weight is 490 g/mol. The molecule has 1 nitrogen and oxygen atoms in total. The van der Waals surface area contributed by atoms with Crippen LogP contribution in [0.1, 0.15) is 78.8 Å². The minimum absolute atomic E-state index is 0.301. The average Bonchev–Trinajstić information content (AvgIpc) is 3.46. The second kappa shape index (κ2) is 11.5. The van der Waals surface area contributed by atoms with Crippen molar-refractivity contribution in [1.82, 2.24) is 4.90 Å². The fraction of sp³-hybridized carbons (Fsp3) is 0.389. The minimum Gasteiger partial charge on any atom is -0.363 e. The third-order valence-electron chi connectivity index (χ3n) is 8.95. The van der Waals surface area contributed by atoms with E-state index in [4.69, 9.17) is 6.58 Å². The van der Waals surface area contributed by atoms with Gasteiger partial charge in [-0.15, -0.1) is 0 Å². The predicted octanol–water partition coefficient (Wildman–Crippen LogP) is 8.82. The van der Waals surface area contributed by atoms with E-state index in [9.17, 15) is 0 Å². The number of rotatable bonds is 9. The normalized spacial score (nSPS) is 18.4. The summed E-state index contributed by atoms with van der Waals surface area (Å²) in [6.45, 7) is 14.8. The van der Waals surface area contributed by atoms with Crippen molar-refractivity contribution in [3.63, 3.8) is 0 Å². The van der Waals surface area contributed by atoms with Gasteiger partial charge in [-0.1, -0.05) is 111 Å². The van der Waals surface area contributed by atoms with Gasteiger partial charge in [0, 0.05) is 18.2 Å². The predicted molar refractivity (Wildman–Crippen MR) is 158 cm³/mol. The summed E-state index contributed by atoms with van der Waals surface area (Å²) in [6, 6.07) is 27.2. The SMILES string of the molecule is C=C(C)C1Cc2c(ccc(CC)c2CCc2ccccc2)CN1C(=C)C(c1ccccc1)C1CCCC1. The van der Waals surface area contributed by atoms with Gasteiger partial charge in [-0.05, 0) is 84.7 Å². The summed E-state index contributed by atoms with van der Waals surface area (Å²) in [4.78, 5) is 2.62. The van der Waals surface area contributed by atoms with Crippen LogP contribution in [0.3, 0.4) is 0 Å². The molecule has 37 heavy (non-hydrogen) atoms. The highest BCUT2D eigenvalue weighted by Gasteiger charge is 2.36. The molecule has 0 bridgehead atoms. The summed E-state index contributed by atoms with van der Waals surface area (Å²) in [5, 5.41) is 0. The highest BCUT2D eigenvalue weighted by molar-refractivity contribution is 5.46. The van der Waals surface area contributed by atoms with Crippen molar-refractivity contribution in [2.24, 2.45) is 5.92 Å². The first-order valence-electron chi connectivity index (χ1n) is 14.4. The third kappa shape index (κ3) is 5.47. The van der Waals surface area contributed by atoms with Crippen molar-refractivity contribution in [1.29, 1.82) is 0 Å². The molecule has 0 saturated heterocycles. The van der Waals surface area contributed by atoms with Crippen molar-refractivity contribution >= 4 is 0 Å². The highest BCUT2D eigenvalue weighted by Crippen LogP contribution is 2.45. The number of fused-ring (bicyclic) bond motifs is 1. The van der Waals surface area contributed by atoms with Gasteiger partial charge >= 0.3 is 0 Å². The summed E-state index contributed by atoms with van der Waals surface area (Å²) in [6.07, 6.45) is 9.63. The van der Waals surface area contributed by atoms with E-state index in [1.807, 2.05) is 0 Å². The lowest BCUT2D eigenvalue weighted by Gasteiger charge is -2.44. The van der Waals surface area contributed by atoms with E-state index in [0.717, 1.165) is 32.2 Å². The number of hydrogen-bond acceptors (Lipinski definition) is 1. The van der Waals surface area contributed by atoms with Crippen molar-refractivity contribution in [2.75, 3.05) is 0 Å². The van der Waals surface area contributed by atoms with Gasteiger partial charge in [0.2, 0.25) is 0 Å². The molecule has 192 valence electrons. The molecule has 1 heterocycles. The molecule has 0 aromatic heterocycles. The van der Waals surface area contributed by atoms with Crippen LogP contribution in [0.5, 0.6) is 0 Å². The van der Waals surface area contributed by atoms with Crippen molar-refractivity contribution in [3.8, 4) is 0 Å². The highest BCUT2D eigenvalue weighted by atomic mass is 15.2. The summed E-state index contributed by atoms with van der Waals surface area (Å²) < 4.78 is 0. The summed E-state index contributed by atoms with van der Waals surface area (Å²) in [5.74, 6) is 1.07. The van der Waals surface area contributed by atoms with Crippen LogP contribution in [0.4, 0.5) is 0 Å². The third-order valence-corrected chi connectivity index (χ3v) is 8.95. The zero-order valence-corrected chi connectivity index (χ0v) is 22.9. The van der Waals surface area contributed by atoms with E-state index in [1.54, 1.807) is 11.1 Å². The molecule has 0 amide bonds. The lowest BCUT2D eigenvalue weighted by atomic mass is 9.79. The molecule has 3 aromatic rings. The molecular weight excluding hydrogens is 446 g/mol. The molecule has 0 spiro atoms. The number of nitrogens with zero attached hydrogens (tertiary/aromatic N) is 1. The Morgan fingerprint density at radius 3 is 2.22 bits per heavy atom. The maximum atomic E-state index is 4.82. The van der Waals surface area contributed by atoms with Crippen molar-refractivity contribution in [2.45, 2.75) is 83.7 Å². The Morgan fingerprint density at radius 1 is 0.892 bits per heavy atom. The Morgan fingerprint density at radius 2 is 1.57 bits per heavy atom. The lowest BCUT2D eigenvalue weighted by molar-refractivity contribution is 0.224. The molecule has 1 aliphatic heterocycles. The largest absolute Gasteiger partial charge is 0.363 e. The fourth-order valence-corrected chi connectivity index (χ4v) is 6.95. The molecular formula is C36H43N. The zero-order chi connectivity index (χ0) is 25.8. The zero-order valence-electron chi connectivity index (χ0n) is 22.9. The van der Waals surface area contributed by atoms with Crippen LogP contribution in [0.2, 0.25) is 0 Å². The summed E-state index contributed by atoms with van der Waals surface area (Å²) in [7, 11) is 0. The van der Waals surface area contributed by atoms with Gasteiger partial charge in [0.1, 0.15) is 0 Å². The van der Waals surface area contributed by atoms with Crippen LogP contribution in [0.15, 0.2) is 97.2 Å². The maximum Gasteiger partial charge on any atom is 0.0538 e. The molecule has 2 unspecified atom stereocenters. The van der Waals surface area contributed by atoms with Gasteiger partial charge in [0.25, 0.3) is 0 Å². The van der Waals surface area contributed by atoms with E-state index in [0.29, 0.717) is 17.9 Å². The van der Waals surface area contributed by atoms with Gasteiger partial charge in [-0.25, -0.2) is 0 Å². The molecule has 1 heteroatoms. The topological polar surface area (TPSA) is 3.24 Å². The van der Waals surface area contributed by atoms with Gasteiger partial charge < -0.3 is 4.90 Å². The van der Waals surface area contributed by atoms with Crippen LogP contribution in [0.25, 0.3) is 0 Å². The number of allylic oxidation sites excluding steroid dienone is 1. The Bertz CT molecular complexity index is 1220. The fourth-order valence-electron chi connectivity index (χ4n) is 6.95. The standard InChI is InChI=1S/C36H43N/c1-5-29-21-22-32-25-37(27(4)36(31-18-12-13-19-31)30-16-10-7-11-17-30)35(26(2)3)24-34(32)33(29)23-20-28-14-8-6-9-15-28/h6-11,14-17,21-22,31,35-36H,2,4-5,12-13,18-20,23-25H2,1,3H3. The van der Waals surface area contributed by atoms with E-state index in [2.05, 4.69) is 98.1 Å². The quantitative estimate of drug-likeness (QED) is 0.271. The monoisotopic (exact) mass is 489 g/mol. The maximum absolute atomic E-state index is 4.82. The van der Waals surface area contributed by atoms with Crippen LogP contribution in [-0.4, -0.2) is 10.9 Å². The summed E-state index contributed by atoms with van der Waals surface area (Å²) >= 11 is 0. The Labute approximate surface area is 224 Å². The first-order valence-corrected chi connectivity index (χ1v) is 14.4. The lowest BCUT2D eigenvalue weighted by Crippen LogP contribution is -2.42. The minimum atomic E-state index is 0.301. The molecule has 0 N–H and O–H groups in total. The second-order valence-electron chi connectivity index (χ2n) is 11.3. The Kier molecular flexibility index (Phi) is 7.99. The van der Waals surface area contributed by atoms with Crippen molar-refractivity contribution in [3.05, 3.63) is 131 Å². The smallest absolute Gasteiger partial charge is 0.0538 e. The van der Waals surface area contributed by atoms with Crippen LogP contribution >= 0.6 is 0 Å². The van der Waals surface area contributed by atoms with E-state index < -0.39 is 0 Å². The number of aryl methyl sites for hydroxylation is 2. The van der Waals surface area contributed by atoms with E-state index in [1.165, 1.54) is 59.2 Å². The van der Waals surface area contributed by atoms with Crippen LogP contribution < -0.4 is 0 Å². The van der Waals surface area contributed by atoms with E-state index in [-0.39, 0.29) is 0 Å². The molecule has 0 radical (unpaired) electrons. The number of hydrogen-bond donors (Lipinski definition) is 0. The Balaban J connectivity index is 1.48. The van der Waals surface area contributed by atoms with Gasteiger partial charge in [0.05, 0.1) is 6.04 Å². The van der Waals surface area contributed by atoms with Crippen LogP contribution in [-0.2, 0) is 32.2 Å². The van der Waals surface area contributed by atoms with Crippen LogP contribution in [0, 0.1) is 5.92 Å². The summed E-state index contributed by atoms with van der Waals surface area (Å²) in [5.41, 5.74) is 11.5. The van der Waals surface area contributed by atoms with Gasteiger partial charge in [-0.2, -0.15) is 0 Å². The molecule has 2 aliphatic rings. The molecule has 2 atom stereocenters. The molecule has 1 aliphatic carbocycles. The molecule has 1 saturated carbocycles.